The number of hydrogen-bond donors (Lipinski definition) is 1. The highest BCUT2D eigenvalue weighted by Crippen LogP contribution is 2.16. The standard InChI is InChI=1S/C15H20N4O5S/c1-17(2)25(22,23)19-7-3-6-18(8-9-19)14(20)11-4-5-13-12(10-11)16-15(21)24-13/h4-5,10H,3,6-9H2,1-2H3,(H,16,21). The minimum atomic E-state index is -3.49. The third kappa shape index (κ3) is 3.46. The first-order valence-electron chi connectivity index (χ1n) is 7.89. The van der Waals surface area contributed by atoms with Gasteiger partial charge in [0.15, 0.2) is 5.58 Å². The van der Waals surface area contributed by atoms with Crippen LogP contribution in [0.3, 0.4) is 0 Å². The lowest BCUT2D eigenvalue weighted by Gasteiger charge is -2.24. The predicted molar refractivity (Wildman–Crippen MR) is 91.5 cm³/mol. The summed E-state index contributed by atoms with van der Waals surface area (Å²) < 4.78 is 32.0. The van der Waals surface area contributed by atoms with Gasteiger partial charge in [-0.3, -0.25) is 9.78 Å². The smallest absolute Gasteiger partial charge is 0.408 e. The molecule has 0 bridgehead atoms. The zero-order valence-corrected chi connectivity index (χ0v) is 14.9. The Bertz CT molecular complexity index is 946. The van der Waals surface area contributed by atoms with Crippen LogP contribution in [0.2, 0.25) is 0 Å². The Morgan fingerprint density at radius 1 is 1.20 bits per heavy atom. The van der Waals surface area contributed by atoms with Crippen molar-refractivity contribution in [2.45, 2.75) is 6.42 Å². The van der Waals surface area contributed by atoms with Crippen molar-refractivity contribution in [2.24, 2.45) is 0 Å². The van der Waals surface area contributed by atoms with Gasteiger partial charge in [-0.1, -0.05) is 0 Å². The largest absolute Gasteiger partial charge is 0.417 e. The molecule has 25 heavy (non-hydrogen) atoms. The number of fused-ring (bicyclic) bond motifs is 1. The average molecular weight is 368 g/mol. The summed E-state index contributed by atoms with van der Waals surface area (Å²) in [6.45, 7) is 1.40. The lowest BCUT2D eigenvalue weighted by Crippen LogP contribution is -2.42. The van der Waals surface area contributed by atoms with Crippen LogP contribution in [0.25, 0.3) is 11.1 Å². The van der Waals surface area contributed by atoms with E-state index < -0.39 is 16.0 Å². The normalized spacial score (nSPS) is 17.2. The summed E-state index contributed by atoms with van der Waals surface area (Å²) in [6.07, 6.45) is 0.559. The first-order valence-corrected chi connectivity index (χ1v) is 9.28. The minimum Gasteiger partial charge on any atom is -0.408 e. The predicted octanol–water partition coefficient (Wildman–Crippen LogP) is 0.0754. The van der Waals surface area contributed by atoms with Crippen molar-refractivity contribution >= 4 is 27.2 Å². The number of amides is 1. The molecule has 0 radical (unpaired) electrons. The van der Waals surface area contributed by atoms with Gasteiger partial charge in [-0.15, -0.1) is 0 Å². The zero-order chi connectivity index (χ0) is 18.2. The Balaban J connectivity index is 1.77. The van der Waals surface area contributed by atoms with Crippen LogP contribution in [0.4, 0.5) is 0 Å². The summed E-state index contributed by atoms with van der Waals surface area (Å²) in [4.78, 5) is 28.1. The molecule has 0 atom stereocenters. The molecule has 0 unspecified atom stereocenters. The fourth-order valence-corrected chi connectivity index (χ4v) is 3.96. The highest BCUT2D eigenvalue weighted by Gasteiger charge is 2.28. The molecule has 3 rings (SSSR count). The van der Waals surface area contributed by atoms with E-state index in [2.05, 4.69) is 4.98 Å². The molecule has 1 fully saturated rings. The molecule has 1 amide bonds. The van der Waals surface area contributed by atoms with Crippen LogP contribution in [-0.4, -0.2) is 73.1 Å². The zero-order valence-electron chi connectivity index (χ0n) is 14.1. The van der Waals surface area contributed by atoms with E-state index >= 15 is 0 Å². The lowest BCUT2D eigenvalue weighted by atomic mass is 10.1. The van der Waals surface area contributed by atoms with Crippen LogP contribution in [0, 0.1) is 0 Å². The number of nitrogens with one attached hydrogen (secondary N) is 1. The summed E-state index contributed by atoms with van der Waals surface area (Å²) in [5.74, 6) is -0.771. The number of H-pyrrole nitrogens is 1. The summed E-state index contributed by atoms with van der Waals surface area (Å²) in [5, 5.41) is 0. The maximum absolute atomic E-state index is 12.7. The Labute approximate surface area is 145 Å². The van der Waals surface area contributed by atoms with Crippen molar-refractivity contribution < 1.29 is 17.6 Å². The number of aromatic nitrogens is 1. The number of carbonyl (C=O) groups excluding carboxylic acids is 1. The molecule has 1 saturated heterocycles. The number of hydrogen-bond acceptors (Lipinski definition) is 5. The summed E-state index contributed by atoms with van der Waals surface area (Å²) >= 11 is 0. The van der Waals surface area contributed by atoms with Crippen molar-refractivity contribution in [3.63, 3.8) is 0 Å². The van der Waals surface area contributed by atoms with Crippen LogP contribution in [-0.2, 0) is 10.2 Å². The number of oxazole rings is 1. The molecule has 1 aromatic carbocycles. The van der Waals surface area contributed by atoms with Gasteiger partial charge in [-0.2, -0.15) is 17.0 Å². The summed E-state index contributed by atoms with van der Waals surface area (Å²) in [5.41, 5.74) is 1.27. The third-order valence-electron chi connectivity index (χ3n) is 4.20. The van der Waals surface area contributed by atoms with E-state index in [1.54, 1.807) is 23.1 Å². The molecule has 9 nitrogen and oxygen atoms in total. The van der Waals surface area contributed by atoms with Crippen LogP contribution < -0.4 is 5.76 Å². The van der Waals surface area contributed by atoms with Crippen molar-refractivity contribution in [1.29, 1.82) is 0 Å². The van der Waals surface area contributed by atoms with E-state index in [0.29, 0.717) is 42.7 Å². The minimum absolute atomic E-state index is 0.201. The van der Waals surface area contributed by atoms with Crippen LogP contribution in [0.5, 0.6) is 0 Å². The van der Waals surface area contributed by atoms with Gasteiger partial charge in [-0.05, 0) is 24.6 Å². The molecule has 2 heterocycles. The number of aromatic amines is 1. The van der Waals surface area contributed by atoms with Gasteiger partial charge in [0, 0.05) is 45.8 Å². The number of carbonyl (C=O) groups is 1. The number of benzene rings is 1. The summed E-state index contributed by atoms with van der Waals surface area (Å²) in [6, 6.07) is 4.74. The van der Waals surface area contributed by atoms with Gasteiger partial charge in [0.05, 0.1) is 5.52 Å². The lowest BCUT2D eigenvalue weighted by molar-refractivity contribution is 0.0764. The van der Waals surface area contributed by atoms with Gasteiger partial charge >= 0.3 is 5.76 Å². The first kappa shape index (κ1) is 17.6. The van der Waals surface area contributed by atoms with Crippen molar-refractivity contribution in [1.82, 2.24) is 18.5 Å². The molecule has 0 saturated carbocycles. The third-order valence-corrected chi connectivity index (χ3v) is 6.14. The van der Waals surface area contributed by atoms with E-state index in [1.165, 1.54) is 22.7 Å². The van der Waals surface area contributed by atoms with Crippen LogP contribution >= 0.6 is 0 Å². The molecule has 2 aromatic rings. The Kier molecular flexibility index (Phi) is 4.67. The number of nitrogens with zero attached hydrogens (tertiary/aromatic N) is 3. The second kappa shape index (κ2) is 6.62. The van der Waals surface area contributed by atoms with Crippen LogP contribution in [0.1, 0.15) is 16.8 Å². The molecular formula is C15H20N4O5S. The van der Waals surface area contributed by atoms with E-state index in [1.807, 2.05) is 0 Å². The second-order valence-corrected chi connectivity index (χ2v) is 8.20. The monoisotopic (exact) mass is 368 g/mol. The molecule has 1 aromatic heterocycles. The molecule has 10 heteroatoms. The molecule has 1 N–H and O–H groups in total. The van der Waals surface area contributed by atoms with E-state index in [-0.39, 0.29) is 12.5 Å². The Hall–Kier alpha value is -2.17. The fraction of sp³-hybridized carbons (Fsp3) is 0.467. The van der Waals surface area contributed by atoms with Crippen molar-refractivity contribution in [3.8, 4) is 0 Å². The Morgan fingerprint density at radius 3 is 2.68 bits per heavy atom. The van der Waals surface area contributed by atoms with Gasteiger partial charge in [0.2, 0.25) is 0 Å². The highest BCUT2D eigenvalue weighted by atomic mass is 32.2. The van der Waals surface area contributed by atoms with Crippen LogP contribution in [0.15, 0.2) is 27.4 Å². The quantitative estimate of drug-likeness (QED) is 0.825. The van der Waals surface area contributed by atoms with E-state index in [4.69, 9.17) is 4.42 Å². The molecule has 136 valence electrons. The molecule has 0 aliphatic carbocycles. The average Bonchev–Trinajstić information content (AvgIpc) is 2.77. The molecule has 1 aliphatic rings. The molecule has 1 aliphatic heterocycles. The fourth-order valence-electron chi connectivity index (χ4n) is 2.83. The van der Waals surface area contributed by atoms with Gasteiger partial charge in [0.25, 0.3) is 16.1 Å². The maximum atomic E-state index is 12.7. The van der Waals surface area contributed by atoms with Gasteiger partial charge < -0.3 is 9.32 Å². The SMILES string of the molecule is CN(C)S(=O)(=O)N1CCCN(C(=O)c2ccc3oc(=O)[nH]c3c2)CC1. The molecular weight excluding hydrogens is 348 g/mol. The van der Waals surface area contributed by atoms with Crippen molar-refractivity contribution in [3.05, 3.63) is 34.3 Å². The van der Waals surface area contributed by atoms with Gasteiger partial charge in [-0.25, -0.2) is 4.79 Å². The number of rotatable bonds is 3. The Morgan fingerprint density at radius 2 is 1.96 bits per heavy atom. The maximum Gasteiger partial charge on any atom is 0.417 e. The summed E-state index contributed by atoms with van der Waals surface area (Å²) in [7, 11) is -0.506. The molecule has 0 spiro atoms. The topological polar surface area (TPSA) is 107 Å². The van der Waals surface area contributed by atoms with Gasteiger partial charge in [0.1, 0.15) is 0 Å². The second-order valence-electron chi connectivity index (χ2n) is 6.06. The van der Waals surface area contributed by atoms with E-state index in [9.17, 15) is 18.0 Å². The van der Waals surface area contributed by atoms with Crippen molar-refractivity contribution in [2.75, 3.05) is 40.3 Å². The van der Waals surface area contributed by atoms with E-state index in [0.717, 1.165) is 0 Å². The first-order chi connectivity index (χ1) is 11.8. The highest BCUT2D eigenvalue weighted by molar-refractivity contribution is 7.86.